The van der Waals surface area contributed by atoms with E-state index in [0.717, 1.165) is 5.56 Å². The molecule has 2 N–H and O–H groups in total. The first kappa shape index (κ1) is 17.3. The molecule has 0 radical (unpaired) electrons. The lowest BCUT2D eigenvalue weighted by molar-refractivity contribution is 0.0945. The lowest BCUT2D eigenvalue weighted by Crippen LogP contribution is -2.24. The van der Waals surface area contributed by atoms with Crippen LogP contribution >= 0.6 is 0 Å². The van der Waals surface area contributed by atoms with E-state index in [1.54, 1.807) is 26.4 Å². The molecule has 0 saturated heterocycles. The molecule has 0 atom stereocenters. The number of methoxy groups -OCH3 is 2. The topological polar surface area (TPSA) is 85.4 Å². The Balaban J connectivity index is 1.96. The quantitative estimate of drug-likeness (QED) is 0.721. The van der Waals surface area contributed by atoms with Gasteiger partial charge in [-0.05, 0) is 17.7 Å². The van der Waals surface area contributed by atoms with Gasteiger partial charge in [-0.15, -0.1) is 6.58 Å². The van der Waals surface area contributed by atoms with Crippen molar-refractivity contribution in [2.75, 3.05) is 26.1 Å². The normalized spacial score (nSPS) is 9.92. The number of rotatable bonds is 8. The lowest BCUT2D eigenvalue weighted by Gasteiger charge is -2.10. The van der Waals surface area contributed by atoms with Crippen LogP contribution in [0.25, 0.3) is 0 Å². The van der Waals surface area contributed by atoms with E-state index in [1.165, 1.54) is 12.4 Å². The van der Waals surface area contributed by atoms with Crippen LogP contribution in [0, 0.1) is 0 Å². The largest absolute Gasteiger partial charge is 0.493 e. The molecule has 0 fully saturated rings. The van der Waals surface area contributed by atoms with Crippen LogP contribution in [0.2, 0.25) is 0 Å². The number of aromatic nitrogens is 2. The van der Waals surface area contributed by atoms with E-state index in [4.69, 9.17) is 9.47 Å². The number of amides is 1. The van der Waals surface area contributed by atoms with Crippen LogP contribution in [0.1, 0.15) is 16.1 Å². The minimum atomic E-state index is -0.299. The summed E-state index contributed by atoms with van der Waals surface area (Å²) in [4.78, 5) is 20.3. The zero-order chi connectivity index (χ0) is 17.4. The van der Waals surface area contributed by atoms with Gasteiger partial charge in [0.1, 0.15) is 11.5 Å². The van der Waals surface area contributed by atoms with Crippen molar-refractivity contribution >= 4 is 11.7 Å². The van der Waals surface area contributed by atoms with Crippen LogP contribution in [-0.2, 0) is 6.54 Å². The van der Waals surface area contributed by atoms with Crippen LogP contribution in [0.5, 0.6) is 11.5 Å². The Morgan fingerprint density at radius 1 is 1.21 bits per heavy atom. The fourth-order valence-corrected chi connectivity index (χ4v) is 1.98. The van der Waals surface area contributed by atoms with E-state index in [2.05, 4.69) is 27.2 Å². The number of anilines is 1. The summed E-state index contributed by atoms with van der Waals surface area (Å²) in [5, 5.41) is 5.78. The number of hydrogen-bond donors (Lipinski definition) is 2. The minimum absolute atomic E-state index is 0.250. The van der Waals surface area contributed by atoms with E-state index in [-0.39, 0.29) is 11.6 Å². The van der Waals surface area contributed by atoms with E-state index < -0.39 is 0 Å². The maximum absolute atomic E-state index is 12.1. The molecule has 2 aromatic rings. The fourth-order valence-electron chi connectivity index (χ4n) is 1.98. The number of benzene rings is 1. The van der Waals surface area contributed by atoms with Crippen molar-refractivity contribution in [2.24, 2.45) is 0 Å². The van der Waals surface area contributed by atoms with Gasteiger partial charge in [0.2, 0.25) is 0 Å². The van der Waals surface area contributed by atoms with Crippen molar-refractivity contribution < 1.29 is 14.3 Å². The third kappa shape index (κ3) is 4.45. The standard InChI is InChI=1S/C17H20N4O3/c1-4-7-18-16-11-19-13(10-20-16)17(22)21-9-12-5-6-14(23-2)15(8-12)24-3/h4-6,8,10-11H,1,7,9H2,2-3H3,(H,18,20)(H,21,22). The van der Waals surface area contributed by atoms with Gasteiger partial charge in [0, 0.05) is 13.1 Å². The fraction of sp³-hybridized carbons (Fsp3) is 0.235. The van der Waals surface area contributed by atoms with Gasteiger partial charge >= 0.3 is 0 Å². The highest BCUT2D eigenvalue weighted by atomic mass is 16.5. The summed E-state index contributed by atoms with van der Waals surface area (Å²) in [5.41, 5.74) is 1.14. The number of nitrogens with one attached hydrogen (secondary N) is 2. The molecular weight excluding hydrogens is 308 g/mol. The molecule has 126 valence electrons. The first-order valence-electron chi connectivity index (χ1n) is 7.34. The van der Waals surface area contributed by atoms with Crippen molar-refractivity contribution in [2.45, 2.75) is 6.54 Å². The third-order valence-corrected chi connectivity index (χ3v) is 3.21. The van der Waals surface area contributed by atoms with Crippen molar-refractivity contribution in [3.05, 3.63) is 54.5 Å². The zero-order valence-electron chi connectivity index (χ0n) is 13.7. The van der Waals surface area contributed by atoms with Crippen LogP contribution < -0.4 is 20.1 Å². The maximum Gasteiger partial charge on any atom is 0.271 e. The van der Waals surface area contributed by atoms with Crippen LogP contribution in [0.4, 0.5) is 5.82 Å². The lowest BCUT2D eigenvalue weighted by atomic mass is 10.2. The van der Waals surface area contributed by atoms with Crippen LogP contribution in [0.15, 0.2) is 43.2 Å². The number of ether oxygens (including phenoxy) is 2. The SMILES string of the molecule is C=CCNc1cnc(C(=O)NCc2ccc(OC)c(OC)c2)cn1. The van der Waals surface area contributed by atoms with Crippen LogP contribution in [0.3, 0.4) is 0 Å². The summed E-state index contributed by atoms with van der Waals surface area (Å²) in [6.07, 6.45) is 4.65. The van der Waals surface area contributed by atoms with E-state index in [0.29, 0.717) is 30.4 Å². The predicted molar refractivity (Wildman–Crippen MR) is 91.4 cm³/mol. The molecule has 1 aromatic heterocycles. The Hall–Kier alpha value is -3.09. The van der Waals surface area contributed by atoms with Gasteiger partial charge in [0.15, 0.2) is 11.5 Å². The van der Waals surface area contributed by atoms with Gasteiger partial charge in [0.05, 0.1) is 26.6 Å². The average molecular weight is 328 g/mol. The molecule has 7 nitrogen and oxygen atoms in total. The Kier molecular flexibility index (Phi) is 6.13. The molecule has 0 saturated carbocycles. The maximum atomic E-state index is 12.1. The second kappa shape index (κ2) is 8.52. The number of hydrogen-bond acceptors (Lipinski definition) is 6. The summed E-state index contributed by atoms with van der Waals surface area (Å²) in [5.74, 6) is 1.54. The molecule has 0 spiro atoms. The Morgan fingerprint density at radius 3 is 2.62 bits per heavy atom. The number of nitrogens with zero attached hydrogens (tertiary/aromatic N) is 2. The first-order chi connectivity index (χ1) is 11.7. The van der Waals surface area contributed by atoms with Gasteiger partial charge in [-0.2, -0.15) is 0 Å². The summed E-state index contributed by atoms with van der Waals surface area (Å²) >= 11 is 0. The third-order valence-electron chi connectivity index (χ3n) is 3.21. The zero-order valence-corrected chi connectivity index (χ0v) is 13.7. The highest BCUT2D eigenvalue weighted by Crippen LogP contribution is 2.27. The molecule has 24 heavy (non-hydrogen) atoms. The summed E-state index contributed by atoms with van der Waals surface area (Å²) < 4.78 is 10.4. The molecule has 1 amide bonds. The van der Waals surface area contributed by atoms with Crippen molar-refractivity contribution in [3.63, 3.8) is 0 Å². The molecule has 1 aromatic carbocycles. The Morgan fingerprint density at radius 2 is 2.00 bits per heavy atom. The second-order valence-electron chi connectivity index (χ2n) is 4.83. The predicted octanol–water partition coefficient (Wildman–Crippen LogP) is 2.02. The molecule has 0 aliphatic rings. The monoisotopic (exact) mass is 328 g/mol. The van der Waals surface area contributed by atoms with Gasteiger partial charge in [-0.3, -0.25) is 4.79 Å². The molecule has 0 aliphatic heterocycles. The minimum Gasteiger partial charge on any atom is -0.493 e. The summed E-state index contributed by atoms with van der Waals surface area (Å²) in [6, 6.07) is 5.46. The van der Waals surface area contributed by atoms with E-state index in [9.17, 15) is 4.79 Å². The molecule has 2 rings (SSSR count). The van der Waals surface area contributed by atoms with Gasteiger partial charge in [0.25, 0.3) is 5.91 Å². The van der Waals surface area contributed by atoms with Crippen LogP contribution in [-0.4, -0.2) is 36.6 Å². The van der Waals surface area contributed by atoms with E-state index >= 15 is 0 Å². The molecule has 0 aliphatic carbocycles. The number of carbonyl (C=O) groups is 1. The first-order valence-corrected chi connectivity index (χ1v) is 7.34. The summed E-state index contributed by atoms with van der Waals surface area (Å²) in [6.45, 7) is 4.53. The highest BCUT2D eigenvalue weighted by molar-refractivity contribution is 5.91. The summed E-state index contributed by atoms with van der Waals surface area (Å²) in [7, 11) is 3.14. The van der Waals surface area contributed by atoms with Gasteiger partial charge < -0.3 is 20.1 Å². The Labute approximate surface area is 140 Å². The number of carbonyl (C=O) groups excluding carboxylic acids is 1. The van der Waals surface area contributed by atoms with Crippen molar-refractivity contribution in [1.29, 1.82) is 0 Å². The smallest absolute Gasteiger partial charge is 0.271 e. The van der Waals surface area contributed by atoms with E-state index in [1.807, 2.05) is 12.1 Å². The van der Waals surface area contributed by atoms with Crippen molar-refractivity contribution in [3.8, 4) is 11.5 Å². The molecule has 0 unspecified atom stereocenters. The highest BCUT2D eigenvalue weighted by Gasteiger charge is 2.09. The molecular formula is C17H20N4O3. The van der Waals surface area contributed by atoms with Gasteiger partial charge in [-0.25, -0.2) is 9.97 Å². The molecule has 7 heteroatoms. The van der Waals surface area contributed by atoms with Gasteiger partial charge in [-0.1, -0.05) is 12.1 Å². The second-order valence-corrected chi connectivity index (χ2v) is 4.83. The molecule has 0 bridgehead atoms. The Bertz CT molecular complexity index is 701. The molecule has 1 heterocycles. The average Bonchev–Trinajstić information content (AvgIpc) is 2.64. The van der Waals surface area contributed by atoms with Crippen molar-refractivity contribution in [1.82, 2.24) is 15.3 Å².